The summed E-state index contributed by atoms with van der Waals surface area (Å²) in [5.74, 6) is -2.77. The number of carboxylic acid groups (broad SMARTS) is 1. The average Bonchev–Trinajstić information content (AvgIpc) is 2.46. The first-order valence-electron chi connectivity index (χ1n) is 7.67. The van der Waals surface area contributed by atoms with E-state index in [1.807, 2.05) is 0 Å². The molecule has 0 aromatic heterocycles. The van der Waals surface area contributed by atoms with Gasteiger partial charge in [-0.2, -0.15) is 0 Å². The SMILES string of the molecule is COC(=O)CC=CCC(C(=O)O)N(C(=O)OC(C)(C)C)C(=O)[C@H](C)N. The van der Waals surface area contributed by atoms with E-state index in [9.17, 15) is 24.3 Å². The molecule has 0 aromatic rings. The molecule has 0 heterocycles. The number of methoxy groups -OCH3 is 1. The molecule has 1 unspecified atom stereocenters. The fraction of sp³-hybridized carbons (Fsp3) is 0.625. The Morgan fingerprint density at radius 3 is 2.16 bits per heavy atom. The summed E-state index contributed by atoms with van der Waals surface area (Å²) < 4.78 is 9.57. The summed E-state index contributed by atoms with van der Waals surface area (Å²) in [5.41, 5.74) is 4.60. The molecule has 3 N–H and O–H groups in total. The van der Waals surface area contributed by atoms with Crippen molar-refractivity contribution in [3.63, 3.8) is 0 Å². The van der Waals surface area contributed by atoms with Crippen LogP contribution in [0, 0.1) is 0 Å². The maximum Gasteiger partial charge on any atom is 0.417 e. The number of amides is 2. The zero-order chi connectivity index (χ0) is 19.8. The molecule has 0 aliphatic rings. The first-order valence-corrected chi connectivity index (χ1v) is 7.67. The number of nitrogens with zero attached hydrogens (tertiary/aromatic N) is 1. The highest BCUT2D eigenvalue weighted by atomic mass is 16.6. The summed E-state index contributed by atoms with van der Waals surface area (Å²) in [7, 11) is 1.22. The van der Waals surface area contributed by atoms with Gasteiger partial charge in [0.1, 0.15) is 11.6 Å². The summed E-state index contributed by atoms with van der Waals surface area (Å²) in [6, 6.07) is -2.60. The molecule has 0 bridgehead atoms. The van der Waals surface area contributed by atoms with Gasteiger partial charge in [0.15, 0.2) is 0 Å². The van der Waals surface area contributed by atoms with Gasteiger partial charge in [-0.05, 0) is 34.1 Å². The molecule has 142 valence electrons. The van der Waals surface area contributed by atoms with Crippen molar-refractivity contribution in [2.45, 2.75) is 58.2 Å². The zero-order valence-corrected chi connectivity index (χ0v) is 15.1. The van der Waals surface area contributed by atoms with Crippen molar-refractivity contribution in [1.29, 1.82) is 0 Å². The van der Waals surface area contributed by atoms with Crippen LogP contribution in [-0.4, -0.2) is 58.7 Å². The quantitative estimate of drug-likeness (QED) is 0.509. The van der Waals surface area contributed by atoms with E-state index < -0.39 is 41.6 Å². The minimum Gasteiger partial charge on any atom is -0.480 e. The zero-order valence-electron chi connectivity index (χ0n) is 15.1. The molecule has 0 fully saturated rings. The van der Waals surface area contributed by atoms with Crippen LogP contribution in [0.1, 0.15) is 40.5 Å². The van der Waals surface area contributed by atoms with Gasteiger partial charge in [0.05, 0.1) is 19.6 Å². The number of esters is 1. The van der Waals surface area contributed by atoms with Gasteiger partial charge in [0.2, 0.25) is 5.91 Å². The Morgan fingerprint density at radius 2 is 1.76 bits per heavy atom. The molecule has 25 heavy (non-hydrogen) atoms. The van der Waals surface area contributed by atoms with Crippen molar-refractivity contribution in [2.75, 3.05) is 7.11 Å². The van der Waals surface area contributed by atoms with Crippen molar-refractivity contribution in [1.82, 2.24) is 4.90 Å². The Morgan fingerprint density at radius 1 is 1.20 bits per heavy atom. The second-order valence-electron chi connectivity index (χ2n) is 6.32. The molecule has 0 aliphatic heterocycles. The fourth-order valence-electron chi connectivity index (χ4n) is 1.71. The smallest absolute Gasteiger partial charge is 0.417 e. The number of hydrogen-bond donors (Lipinski definition) is 2. The monoisotopic (exact) mass is 358 g/mol. The Kier molecular flexibility index (Phi) is 8.83. The predicted octanol–water partition coefficient (Wildman–Crippen LogP) is 1.06. The molecule has 0 aromatic carbocycles. The first kappa shape index (κ1) is 22.6. The van der Waals surface area contributed by atoms with E-state index in [4.69, 9.17) is 10.5 Å². The number of carboxylic acids is 1. The van der Waals surface area contributed by atoms with Crippen molar-refractivity contribution < 1.29 is 33.8 Å². The lowest BCUT2D eigenvalue weighted by atomic mass is 10.1. The van der Waals surface area contributed by atoms with Gasteiger partial charge in [0.25, 0.3) is 0 Å². The van der Waals surface area contributed by atoms with E-state index in [0.29, 0.717) is 4.90 Å². The van der Waals surface area contributed by atoms with Crippen molar-refractivity contribution in [3.8, 4) is 0 Å². The van der Waals surface area contributed by atoms with E-state index in [0.717, 1.165) is 0 Å². The molecule has 0 saturated heterocycles. The molecule has 0 rings (SSSR count). The van der Waals surface area contributed by atoms with Gasteiger partial charge in [-0.1, -0.05) is 12.2 Å². The van der Waals surface area contributed by atoms with Gasteiger partial charge in [-0.25, -0.2) is 14.5 Å². The lowest BCUT2D eigenvalue weighted by Gasteiger charge is -2.30. The van der Waals surface area contributed by atoms with Crippen molar-refractivity contribution in [2.24, 2.45) is 5.73 Å². The molecule has 0 radical (unpaired) electrons. The summed E-state index contributed by atoms with van der Waals surface area (Å²) in [5, 5.41) is 9.41. The standard InChI is InChI=1S/C16H26N2O7/c1-10(17)13(20)18(15(23)25-16(2,3)4)11(14(21)22)8-6-7-9-12(19)24-5/h6-7,10-11H,8-9,17H2,1-5H3,(H,21,22)/t10-,11?/m0/s1. The molecule has 2 atom stereocenters. The molecule has 0 saturated carbocycles. The number of aliphatic carboxylic acids is 1. The fourth-order valence-corrected chi connectivity index (χ4v) is 1.71. The minimum absolute atomic E-state index is 0.0590. The minimum atomic E-state index is -1.51. The van der Waals surface area contributed by atoms with Crippen LogP contribution in [0.2, 0.25) is 0 Å². The Labute approximate surface area is 146 Å². The lowest BCUT2D eigenvalue weighted by molar-refractivity contribution is -0.149. The molecule has 9 nitrogen and oxygen atoms in total. The topological polar surface area (TPSA) is 136 Å². The maximum absolute atomic E-state index is 12.3. The number of carbonyl (C=O) groups is 4. The van der Waals surface area contributed by atoms with Gasteiger partial charge in [-0.15, -0.1) is 0 Å². The number of rotatable bonds is 7. The van der Waals surface area contributed by atoms with Crippen LogP contribution in [0.25, 0.3) is 0 Å². The van der Waals surface area contributed by atoms with E-state index in [2.05, 4.69) is 4.74 Å². The third-order valence-electron chi connectivity index (χ3n) is 2.85. The van der Waals surface area contributed by atoms with Crippen LogP contribution in [0.5, 0.6) is 0 Å². The van der Waals surface area contributed by atoms with E-state index in [1.165, 1.54) is 26.2 Å². The average molecular weight is 358 g/mol. The number of hydrogen-bond acceptors (Lipinski definition) is 7. The highest BCUT2D eigenvalue weighted by Gasteiger charge is 2.38. The summed E-state index contributed by atoms with van der Waals surface area (Å²) >= 11 is 0. The van der Waals surface area contributed by atoms with Crippen LogP contribution in [0.4, 0.5) is 4.79 Å². The van der Waals surface area contributed by atoms with Crippen LogP contribution in [0.15, 0.2) is 12.2 Å². The van der Waals surface area contributed by atoms with Gasteiger partial charge in [-0.3, -0.25) is 9.59 Å². The summed E-state index contributed by atoms with van der Waals surface area (Å²) in [4.78, 5) is 47.6. The van der Waals surface area contributed by atoms with Crippen LogP contribution < -0.4 is 5.73 Å². The van der Waals surface area contributed by atoms with Crippen LogP contribution >= 0.6 is 0 Å². The lowest BCUT2D eigenvalue weighted by Crippen LogP contribution is -2.54. The van der Waals surface area contributed by atoms with Gasteiger partial charge >= 0.3 is 18.0 Å². The predicted molar refractivity (Wildman–Crippen MR) is 88.5 cm³/mol. The van der Waals surface area contributed by atoms with E-state index >= 15 is 0 Å². The van der Waals surface area contributed by atoms with Crippen LogP contribution in [-0.2, 0) is 23.9 Å². The molecule has 9 heteroatoms. The molecular weight excluding hydrogens is 332 g/mol. The number of carbonyl (C=O) groups excluding carboxylic acids is 3. The van der Waals surface area contributed by atoms with Crippen molar-refractivity contribution >= 4 is 23.9 Å². The first-order chi connectivity index (χ1) is 11.4. The van der Waals surface area contributed by atoms with Crippen molar-refractivity contribution in [3.05, 3.63) is 12.2 Å². The Hall–Kier alpha value is -2.42. The Balaban J connectivity index is 5.44. The number of imide groups is 1. The van der Waals surface area contributed by atoms with Crippen LogP contribution in [0.3, 0.4) is 0 Å². The summed E-state index contributed by atoms with van der Waals surface area (Å²) in [6.07, 6.45) is 1.41. The second-order valence-corrected chi connectivity index (χ2v) is 6.32. The van der Waals surface area contributed by atoms with E-state index in [1.54, 1.807) is 20.8 Å². The number of ether oxygens (including phenoxy) is 2. The third kappa shape index (κ3) is 8.30. The highest BCUT2D eigenvalue weighted by Crippen LogP contribution is 2.16. The molecule has 2 amide bonds. The van der Waals surface area contributed by atoms with E-state index in [-0.39, 0.29) is 12.8 Å². The maximum atomic E-state index is 12.3. The molecule has 0 aliphatic carbocycles. The molecular formula is C16H26N2O7. The third-order valence-corrected chi connectivity index (χ3v) is 2.85. The summed E-state index contributed by atoms with van der Waals surface area (Å²) in [6.45, 7) is 6.11. The second kappa shape index (κ2) is 9.77. The normalized spacial score (nSPS) is 13.8. The Bertz CT molecular complexity index is 535. The highest BCUT2D eigenvalue weighted by molar-refractivity contribution is 5.98. The van der Waals surface area contributed by atoms with Gasteiger partial charge in [0, 0.05) is 0 Å². The molecule has 0 spiro atoms. The largest absolute Gasteiger partial charge is 0.480 e. The number of nitrogens with two attached hydrogens (primary N) is 1. The van der Waals surface area contributed by atoms with Gasteiger partial charge < -0.3 is 20.3 Å².